The van der Waals surface area contributed by atoms with E-state index in [-0.39, 0.29) is 0 Å². The Bertz CT molecular complexity index is 273. The van der Waals surface area contributed by atoms with Gasteiger partial charge in [0.05, 0.1) is 12.0 Å². The van der Waals surface area contributed by atoms with Gasteiger partial charge in [-0.25, -0.2) is 0 Å². The number of carboxylic acids is 1. The summed E-state index contributed by atoms with van der Waals surface area (Å²) in [6.07, 6.45) is 8.12. The molecule has 3 heteroatoms. The first kappa shape index (κ1) is 14.2. The Morgan fingerprint density at radius 2 is 2.06 bits per heavy atom. The zero-order valence-electron chi connectivity index (χ0n) is 10.8. The molecular formula is C14H24O3. The lowest BCUT2D eigenvalue weighted by Crippen LogP contribution is -2.28. The first-order valence-electron chi connectivity index (χ1n) is 6.65. The van der Waals surface area contributed by atoms with Crippen LogP contribution in [-0.4, -0.2) is 22.3 Å². The fourth-order valence-corrected chi connectivity index (χ4v) is 2.41. The second-order valence-corrected chi connectivity index (χ2v) is 5.03. The average Bonchev–Trinajstić information content (AvgIpc) is 2.97. The third-order valence-corrected chi connectivity index (χ3v) is 3.68. The van der Waals surface area contributed by atoms with Gasteiger partial charge in [-0.05, 0) is 43.9 Å². The Hall–Kier alpha value is -0.830. The molecule has 4 atom stereocenters. The Kier molecular flexibility index (Phi) is 5.69. The van der Waals surface area contributed by atoms with Gasteiger partial charge in [0.2, 0.25) is 0 Å². The fourth-order valence-electron chi connectivity index (χ4n) is 2.41. The largest absolute Gasteiger partial charge is 0.481 e. The summed E-state index contributed by atoms with van der Waals surface area (Å²) in [5.74, 6) is -0.274. The predicted octanol–water partition coefficient (Wildman–Crippen LogP) is 2.84. The van der Waals surface area contributed by atoms with Crippen LogP contribution in [0.5, 0.6) is 0 Å². The van der Waals surface area contributed by atoms with Gasteiger partial charge in [-0.15, -0.1) is 0 Å². The van der Waals surface area contributed by atoms with Gasteiger partial charge >= 0.3 is 5.97 Å². The van der Waals surface area contributed by atoms with E-state index in [2.05, 4.69) is 19.1 Å². The molecule has 0 spiro atoms. The predicted molar refractivity (Wildman–Crippen MR) is 67.7 cm³/mol. The summed E-state index contributed by atoms with van der Waals surface area (Å²) in [4.78, 5) is 10.9. The third-order valence-electron chi connectivity index (χ3n) is 3.68. The SMILES string of the molecule is CC/C=C\CC1CC1C[C@@H](O)[C@@H](CC)C(=O)O. The number of carbonyl (C=O) groups is 1. The van der Waals surface area contributed by atoms with E-state index in [1.165, 1.54) is 0 Å². The van der Waals surface area contributed by atoms with E-state index in [9.17, 15) is 9.90 Å². The van der Waals surface area contributed by atoms with Crippen molar-refractivity contribution >= 4 is 5.97 Å². The van der Waals surface area contributed by atoms with Crippen LogP contribution >= 0.6 is 0 Å². The van der Waals surface area contributed by atoms with Gasteiger partial charge in [0.1, 0.15) is 0 Å². The molecule has 0 heterocycles. The molecule has 0 amide bonds. The highest BCUT2D eigenvalue weighted by Crippen LogP contribution is 2.45. The molecule has 3 nitrogen and oxygen atoms in total. The van der Waals surface area contributed by atoms with Gasteiger partial charge in [-0.1, -0.05) is 26.0 Å². The van der Waals surface area contributed by atoms with Crippen molar-refractivity contribution in [3.8, 4) is 0 Å². The summed E-state index contributed by atoms with van der Waals surface area (Å²) in [5, 5.41) is 18.8. The summed E-state index contributed by atoms with van der Waals surface area (Å²) in [5.41, 5.74) is 0. The molecular weight excluding hydrogens is 216 g/mol. The molecule has 1 saturated carbocycles. The van der Waals surface area contributed by atoms with Crippen molar-refractivity contribution in [1.82, 2.24) is 0 Å². The molecule has 1 fully saturated rings. The van der Waals surface area contributed by atoms with Crippen LogP contribution in [0.3, 0.4) is 0 Å². The molecule has 0 aliphatic heterocycles. The maximum atomic E-state index is 10.9. The molecule has 17 heavy (non-hydrogen) atoms. The van der Waals surface area contributed by atoms with Gasteiger partial charge in [0.15, 0.2) is 0 Å². The number of carboxylic acid groups (broad SMARTS) is 1. The number of aliphatic carboxylic acids is 1. The molecule has 1 aliphatic rings. The number of aliphatic hydroxyl groups excluding tert-OH is 1. The Morgan fingerprint density at radius 3 is 2.59 bits per heavy atom. The summed E-state index contributed by atoms with van der Waals surface area (Å²) in [6, 6.07) is 0. The monoisotopic (exact) mass is 240 g/mol. The molecule has 0 bridgehead atoms. The molecule has 0 aromatic carbocycles. The second-order valence-electron chi connectivity index (χ2n) is 5.03. The van der Waals surface area contributed by atoms with E-state index >= 15 is 0 Å². The Labute approximate surface area is 104 Å². The molecule has 98 valence electrons. The van der Waals surface area contributed by atoms with Gasteiger partial charge in [-0.3, -0.25) is 4.79 Å². The maximum Gasteiger partial charge on any atom is 0.309 e. The van der Waals surface area contributed by atoms with Crippen LogP contribution in [-0.2, 0) is 4.79 Å². The normalized spacial score (nSPS) is 27.0. The number of allylic oxidation sites excluding steroid dienone is 2. The van der Waals surface area contributed by atoms with Crippen molar-refractivity contribution in [3.63, 3.8) is 0 Å². The molecule has 0 aromatic rings. The molecule has 0 radical (unpaired) electrons. The zero-order valence-corrected chi connectivity index (χ0v) is 10.8. The van der Waals surface area contributed by atoms with E-state index in [0.29, 0.717) is 24.7 Å². The van der Waals surface area contributed by atoms with E-state index in [4.69, 9.17) is 5.11 Å². The van der Waals surface area contributed by atoms with E-state index in [0.717, 1.165) is 19.3 Å². The molecule has 1 rings (SSSR count). The average molecular weight is 240 g/mol. The summed E-state index contributed by atoms with van der Waals surface area (Å²) in [7, 11) is 0. The first-order chi connectivity index (χ1) is 8.10. The highest BCUT2D eigenvalue weighted by Gasteiger charge is 2.39. The quantitative estimate of drug-likeness (QED) is 0.641. The summed E-state index contributed by atoms with van der Waals surface area (Å²) < 4.78 is 0. The van der Waals surface area contributed by atoms with Crippen LogP contribution in [0.25, 0.3) is 0 Å². The Balaban J connectivity index is 2.27. The minimum Gasteiger partial charge on any atom is -0.481 e. The van der Waals surface area contributed by atoms with Crippen molar-refractivity contribution in [2.75, 3.05) is 0 Å². The number of hydrogen-bond acceptors (Lipinski definition) is 2. The smallest absolute Gasteiger partial charge is 0.309 e. The van der Waals surface area contributed by atoms with E-state index in [1.54, 1.807) is 0 Å². The van der Waals surface area contributed by atoms with Crippen LogP contribution in [0.15, 0.2) is 12.2 Å². The lowest BCUT2D eigenvalue weighted by molar-refractivity contribution is -0.146. The summed E-state index contributed by atoms with van der Waals surface area (Å²) in [6.45, 7) is 3.93. The van der Waals surface area contributed by atoms with Crippen LogP contribution in [0.2, 0.25) is 0 Å². The van der Waals surface area contributed by atoms with E-state index < -0.39 is 18.0 Å². The van der Waals surface area contributed by atoms with Gasteiger partial charge in [-0.2, -0.15) is 0 Å². The van der Waals surface area contributed by atoms with Crippen LogP contribution in [0.1, 0.15) is 46.0 Å². The van der Waals surface area contributed by atoms with Crippen molar-refractivity contribution in [3.05, 3.63) is 12.2 Å². The molecule has 1 aliphatic carbocycles. The summed E-state index contributed by atoms with van der Waals surface area (Å²) >= 11 is 0. The lowest BCUT2D eigenvalue weighted by Gasteiger charge is -2.17. The van der Waals surface area contributed by atoms with Crippen LogP contribution < -0.4 is 0 Å². The topological polar surface area (TPSA) is 57.5 Å². The highest BCUT2D eigenvalue weighted by atomic mass is 16.4. The fraction of sp³-hybridized carbons (Fsp3) is 0.786. The lowest BCUT2D eigenvalue weighted by atomic mass is 9.94. The minimum absolute atomic E-state index is 0.504. The van der Waals surface area contributed by atoms with Crippen molar-refractivity contribution in [2.45, 2.75) is 52.1 Å². The van der Waals surface area contributed by atoms with Crippen LogP contribution in [0, 0.1) is 17.8 Å². The van der Waals surface area contributed by atoms with Gasteiger partial charge in [0, 0.05) is 0 Å². The molecule has 0 aromatic heterocycles. The standard InChI is InChI=1S/C14H24O3/c1-3-5-6-7-10-8-11(10)9-13(15)12(4-2)14(16)17/h5-6,10-13,15H,3-4,7-9H2,1-2H3,(H,16,17)/b6-5-/t10?,11?,12-,13-/m1/s1. The minimum atomic E-state index is -0.872. The molecule has 2 N–H and O–H groups in total. The van der Waals surface area contributed by atoms with E-state index in [1.807, 2.05) is 6.92 Å². The highest BCUT2D eigenvalue weighted by molar-refractivity contribution is 5.70. The third kappa shape index (κ3) is 4.50. The van der Waals surface area contributed by atoms with Gasteiger partial charge < -0.3 is 10.2 Å². The van der Waals surface area contributed by atoms with Crippen molar-refractivity contribution < 1.29 is 15.0 Å². The maximum absolute atomic E-state index is 10.9. The number of hydrogen-bond donors (Lipinski definition) is 2. The second kappa shape index (κ2) is 6.80. The zero-order chi connectivity index (χ0) is 12.8. The first-order valence-corrected chi connectivity index (χ1v) is 6.65. The molecule has 0 saturated heterocycles. The number of aliphatic hydroxyl groups is 1. The number of rotatable bonds is 8. The molecule has 2 unspecified atom stereocenters. The Morgan fingerprint density at radius 1 is 1.35 bits per heavy atom. The van der Waals surface area contributed by atoms with Crippen molar-refractivity contribution in [2.24, 2.45) is 17.8 Å². The van der Waals surface area contributed by atoms with Crippen molar-refractivity contribution in [1.29, 1.82) is 0 Å². The van der Waals surface area contributed by atoms with Crippen LogP contribution in [0.4, 0.5) is 0 Å². The van der Waals surface area contributed by atoms with Gasteiger partial charge in [0.25, 0.3) is 0 Å².